The van der Waals surface area contributed by atoms with Gasteiger partial charge in [-0.1, -0.05) is 6.92 Å². The van der Waals surface area contributed by atoms with Crippen LogP contribution in [0.15, 0.2) is 0 Å². The van der Waals surface area contributed by atoms with Gasteiger partial charge in [0.1, 0.15) is 0 Å². The van der Waals surface area contributed by atoms with Gasteiger partial charge in [0.05, 0.1) is 8.46 Å². The number of rotatable bonds is 2. The number of hydrogen-bond acceptors (Lipinski definition) is 1. The first-order chi connectivity index (χ1) is 2.41. The van der Waals surface area contributed by atoms with Crippen molar-refractivity contribution in [2.75, 3.05) is 6.16 Å². The maximum atomic E-state index is 9.61. The van der Waals surface area contributed by atoms with E-state index in [1.165, 1.54) is 0 Å². The molecule has 0 radical (unpaired) electrons. The summed E-state index contributed by atoms with van der Waals surface area (Å²) in [4.78, 5) is 0. The van der Waals surface area contributed by atoms with Gasteiger partial charge >= 0.3 is 0 Å². The average Bonchev–Trinajstić information content (AvgIpc) is 1.41. The third kappa shape index (κ3) is 4.23. The molecule has 0 heterocycles. The molecule has 1 unspecified atom stereocenters. The molecule has 0 aliphatic carbocycles. The molecule has 0 amide bonds. The lowest BCUT2D eigenvalue weighted by Crippen LogP contribution is -1.57. The average molecular weight is 92.1 g/mol. The Labute approximate surface area is 33.6 Å². The fourth-order valence-corrected chi connectivity index (χ4v) is 0.354. The minimum atomic E-state index is -0.464. The molecule has 0 rings (SSSR count). The Kier molecular flexibility index (Phi) is 4.42. The largest absolute Gasteiger partial charge is 0.330 e. The lowest BCUT2D eigenvalue weighted by atomic mass is 10.6. The third-order valence-corrected chi connectivity index (χ3v) is 1.22. The van der Waals surface area contributed by atoms with Gasteiger partial charge in [0.2, 0.25) is 0 Å². The fraction of sp³-hybridized carbons (Fsp3) is 1.00. The fourth-order valence-electron chi connectivity index (χ4n) is 0.118. The van der Waals surface area contributed by atoms with Crippen molar-refractivity contribution in [3.8, 4) is 0 Å². The highest BCUT2D eigenvalue weighted by molar-refractivity contribution is 7.23. The van der Waals surface area contributed by atoms with E-state index in [-0.39, 0.29) is 0 Å². The van der Waals surface area contributed by atoms with Crippen LogP contribution in [0.5, 0.6) is 0 Å². The number of hydrogen-bond donors (Lipinski definition) is 0. The predicted octanol–water partition coefficient (Wildman–Crippen LogP) is 1.15. The second kappa shape index (κ2) is 4.23. The van der Waals surface area contributed by atoms with Gasteiger partial charge in [-0.25, -0.2) is 0 Å². The first kappa shape index (κ1) is 5.23. The molecule has 0 saturated carbocycles. The summed E-state index contributed by atoms with van der Waals surface area (Å²) in [5.74, 6) is 0. The lowest BCUT2D eigenvalue weighted by Gasteiger charge is -1.69. The highest BCUT2D eigenvalue weighted by Gasteiger charge is 1.65. The molecule has 0 aromatic carbocycles. The highest BCUT2D eigenvalue weighted by Crippen LogP contribution is 1.90. The molecule has 32 valence electrons. The molecule has 1 atom stereocenters. The Morgan fingerprint density at radius 2 is 2.40 bits per heavy atom. The second-order valence-corrected chi connectivity index (χ2v) is 1.87. The zero-order valence-corrected chi connectivity index (χ0v) is 4.55. The van der Waals surface area contributed by atoms with Crippen molar-refractivity contribution in [2.45, 2.75) is 13.3 Å². The Hall–Kier alpha value is 0.230. The van der Waals surface area contributed by atoms with E-state index in [1.807, 2.05) is 6.92 Å². The molecule has 0 N–H and O–H groups in total. The van der Waals surface area contributed by atoms with Crippen LogP contribution in [-0.4, -0.2) is 6.16 Å². The molecule has 0 saturated heterocycles. The predicted molar refractivity (Wildman–Crippen MR) is 25.6 cm³/mol. The van der Waals surface area contributed by atoms with Crippen LogP contribution < -0.4 is 0 Å². The van der Waals surface area contributed by atoms with Crippen molar-refractivity contribution in [3.05, 3.63) is 0 Å². The lowest BCUT2D eigenvalue weighted by molar-refractivity contribution is 0.598. The third-order valence-electron chi connectivity index (χ3n) is 0.407. The van der Waals surface area contributed by atoms with E-state index in [2.05, 4.69) is 0 Å². The van der Waals surface area contributed by atoms with E-state index in [1.54, 1.807) is 0 Å². The SMILES string of the molecule is CCC[PH2]=O. The summed E-state index contributed by atoms with van der Waals surface area (Å²) in [6.07, 6.45) is 1.98. The molecule has 0 aromatic heterocycles. The van der Waals surface area contributed by atoms with E-state index in [4.69, 9.17) is 0 Å². The van der Waals surface area contributed by atoms with Crippen molar-refractivity contribution >= 4 is 8.46 Å². The van der Waals surface area contributed by atoms with Crippen molar-refractivity contribution in [2.24, 2.45) is 0 Å². The molecule has 0 fully saturated rings. The standard InChI is InChI=1S/C3H9OP/c1-2-3-5-4/h2-3,5H2,1H3. The minimum absolute atomic E-state index is 0.464. The topological polar surface area (TPSA) is 17.1 Å². The Morgan fingerprint density at radius 1 is 1.80 bits per heavy atom. The summed E-state index contributed by atoms with van der Waals surface area (Å²) in [5.41, 5.74) is 0. The van der Waals surface area contributed by atoms with Gasteiger partial charge in [0.25, 0.3) is 0 Å². The maximum Gasteiger partial charge on any atom is 0.0645 e. The molecule has 0 spiro atoms. The summed E-state index contributed by atoms with van der Waals surface area (Å²) < 4.78 is 9.61. The molecule has 0 aromatic rings. The first-order valence-electron chi connectivity index (χ1n) is 1.85. The molecule has 0 aliphatic heterocycles. The Bertz CT molecular complexity index is 28.1. The van der Waals surface area contributed by atoms with E-state index < -0.39 is 8.46 Å². The molecule has 1 nitrogen and oxygen atoms in total. The first-order valence-corrected chi connectivity index (χ1v) is 3.14. The van der Waals surface area contributed by atoms with Crippen LogP contribution in [0.1, 0.15) is 13.3 Å². The smallest absolute Gasteiger partial charge is 0.0645 e. The normalized spacial score (nSPS) is 10.6. The van der Waals surface area contributed by atoms with Crippen molar-refractivity contribution < 1.29 is 4.57 Å². The van der Waals surface area contributed by atoms with Crippen LogP contribution >= 0.6 is 8.46 Å². The molecule has 0 aliphatic rings. The second-order valence-electron chi connectivity index (χ2n) is 0.955. The van der Waals surface area contributed by atoms with Gasteiger partial charge in [-0.15, -0.1) is 0 Å². The zero-order chi connectivity index (χ0) is 4.12. The summed E-state index contributed by atoms with van der Waals surface area (Å²) in [7, 11) is -0.464. The van der Waals surface area contributed by atoms with Crippen LogP contribution in [-0.2, 0) is 4.57 Å². The zero-order valence-electron chi connectivity index (χ0n) is 3.40. The van der Waals surface area contributed by atoms with Gasteiger partial charge in [0, 0.05) is 0 Å². The van der Waals surface area contributed by atoms with Crippen LogP contribution in [0.3, 0.4) is 0 Å². The summed E-state index contributed by atoms with van der Waals surface area (Å²) in [6, 6.07) is 0. The van der Waals surface area contributed by atoms with Crippen LogP contribution in [0.4, 0.5) is 0 Å². The van der Waals surface area contributed by atoms with E-state index in [9.17, 15) is 4.57 Å². The monoisotopic (exact) mass is 92.0 g/mol. The van der Waals surface area contributed by atoms with E-state index in [0.29, 0.717) is 0 Å². The van der Waals surface area contributed by atoms with Gasteiger partial charge in [-0.3, -0.25) is 0 Å². The summed E-state index contributed by atoms with van der Waals surface area (Å²) in [5, 5.41) is 0. The van der Waals surface area contributed by atoms with Gasteiger partial charge in [-0.2, -0.15) is 0 Å². The molecule has 0 bridgehead atoms. The molecular formula is C3H9OP. The van der Waals surface area contributed by atoms with Crippen LogP contribution in [0.25, 0.3) is 0 Å². The molecule has 5 heavy (non-hydrogen) atoms. The van der Waals surface area contributed by atoms with Gasteiger partial charge < -0.3 is 4.57 Å². The highest BCUT2D eigenvalue weighted by atomic mass is 31.1. The van der Waals surface area contributed by atoms with Crippen LogP contribution in [0.2, 0.25) is 0 Å². The molecular weight excluding hydrogens is 83.0 g/mol. The molecule has 2 heteroatoms. The van der Waals surface area contributed by atoms with E-state index in [0.717, 1.165) is 12.6 Å². The summed E-state index contributed by atoms with van der Waals surface area (Å²) >= 11 is 0. The van der Waals surface area contributed by atoms with Crippen molar-refractivity contribution in [3.63, 3.8) is 0 Å². The summed E-state index contributed by atoms with van der Waals surface area (Å²) in [6.45, 7) is 2.03. The Balaban J connectivity index is 2.40. The van der Waals surface area contributed by atoms with E-state index >= 15 is 0 Å². The maximum absolute atomic E-state index is 9.61. The quantitative estimate of drug-likeness (QED) is 0.467. The van der Waals surface area contributed by atoms with Crippen molar-refractivity contribution in [1.29, 1.82) is 0 Å². The van der Waals surface area contributed by atoms with Crippen LogP contribution in [0, 0.1) is 0 Å². The van der Waals surface area contributed by atoms with Crippen molar-refractivity contribution in [1.82, 2.24) is 0 Å². The Morgan fingerprint density at radius 3 is 2.40 bits per heavy atom. The van der Waals surface area contributed by atoms with Gasteiger partial charge in [-0.05, 0) is 12.6 Å². The minimum Gasteiger partial charge on any atom is -0.330 e. The van der Waals surface area contributed by atoms with Gasteiger partial charge in [0.15, 0.2) is 0 Å².